The molecule has 0 aliphatic heterocycles. The number of ether oxygens (including phenoxy) is 2. The van der Waals surface area contributed by atoms with Crippen molar-refractivity contribution in [3.8, 4) is 11.5 Å². The van der Waals surface area contributed by atoms with Crippen molar-refractivity contribution in [3.63, 3.8) is 0 Å². The summed E-state index contributed by atoms with van der Waals surface area (Å²) in [5, 5.41) is 9.32. The number of anilines is 1. The maximum Gasteiger partial charge on any atom is 0.145 e. The van der Waals surface area contributed by atoms with Crippen LogP contribution in [0.2, 0.25) is 0 Å². The molecule has 4 nitrogen and oxygen atoms in total. The van der Waals surface area contributed by atoms with Crippen molar-refractivity contribution in [2.45, 2.75) is 12.8 Å². The molecule has 0 amide bonds. The predicted octanol–water partition coefficient (Wildman–Crippen LogP) is 1.78. The molecule has 0 bridgehead atoms. The van der Waals surface area contributed by atoms with E-state index in [1.807, 2.05) is 0 Å². The van der Waals surface area contributed by atoms with Crippen LogP contribution in [0.4, 0.5) is 5.69 Å². The first-order chi connectivity index (χ1) is 7.25. The van der Waals surface area contributed by atoms with Gasteiger partial charge < -0.3 is 20.3 Å². The number of nitrogens with two attached hydrogens (primary N) is 1. The van der Waals surface area contributed by atoms with Crippen molar-refractivity contribution in [1.29, 1.82) is 0 Å². The van der Waals surface area contributed by atoms with Crippen LogP contribution in [0.25, 0.3) is 0 Å². The zero-order chi connectivity index (χ0) is 11.1. The van der Waals surface area contributed by atoms with Crippen molar-refractivity contribution in [3.05, 3.63) is 18.2 Å². The molecule has 0 aliphatic carbocycles. The second-order valence-electron chi connectivity index (χ2n) is 3.24. The molecule has 0 spiro atoms. The number of rotatable bonds is 6. The average molecular weight is 211 g/mol. The number of methoxy groups -OCH3 is 1. The van der Waals surface area contributed by atoms with Crippen LogP contribution < -0.4 is 10.5 Å². The number of phenolic OH excluding ortho intramolecular Hbond substituents is 1. The first-order valence-electron chi connectivity index (χ1n) is 4.95. The highest BCUT2D eigenvalue weighted by Gasteiger charge is 2.03. The van der Waals surface area contributed by atoms with E-state index in [1.165, 1.54) is 6.07 Å². The molecular weight excluding hydrogens is 194 g/mol. The van der Waals surface area contributed by atoms with Gasteiger partial charge in [0, 0.05) is 13.7 Å². The Labute approximate surface area is 89.6 Å². The van der Waals surface area contributed by atoms with E-state index in [-0.39, 0.29) is 5.75 Å². The van der Waals surface area contributed by atoms with Gasteiger partial charge in [-0.2, -0.15) is 0 Å². The lowest BCUT2D eigenvalue weighted by atomic mass is 10.2. The Bertz CT molecular complexity index is 302. The Hall–Kier alpha value is -1.42. The van der Waals surface area contributed by atoms with Crippen molar-refractivity contribution >= 4 is 5.69 Å². The van der Waals surface area contributed by atoms with E-state index in [9.17, 15) is 5.11 Å². The molecule has 0 saturated carbocycles. The quantitative estimate of drug-likeness (QED) is 0.427. The molecule has 0 radical (unpaired) electrons. The number of aromatic hydroxyl groups is 1. The summed E-state index contributed by atoms with van der Waals surface area (Å²) in [6, 6.07) is 4.98. The third-order valence-electron chi connectivity index (χ3n) is 2.04. The SMILES string of the molecule is COCCCCOc1cccc(O)c1N. The third-order valence-corrected chi connectivity index (χ3v) is 2.04. The van der Waals surface area contributed by atoms with E-state index in [0.29, 0.717) is 18.0 Å². The molecular formula is C11H17NO3. The lowest BCUT2D eigenvalue weighted by molar-refractivity contribution is 0.184. The van der Waals surface area contributed by atoms with E-state index in [2.05, 4.69) is 0 Å². The number of para-hydroxylation sites is 1. The van der Waals surface area contributed by atoms with Gasteiger partial charge in [-0.15, -0.1) is 0 Å². The minimum atomic E-state index is 0.0596. The number of unbranched alkanes of at least 4 members (excludes halogenated alkanes) is 1. The van der Waals surface area contributed by atoms with Gasteiger partial charge in [-0.25, -0.2) is 0 Å². The van der Waals surface area contributed by atoms with Gasteiger partial charge in [0.05, 0.1) is 6.61 Å². The summed E-state index contributed by atoms with van der Waals surface area (Å²) in [7, 11) is 1.67. The predicted molar refractivity (Wildman–Crippen MR) is 59.1 cm³/mol. The highest BCUT2D eigenvalue weighted by Crippen LogP contribution is 2.29. The highest BCUT2D eigenvalue weighted by atomic mass is 16.5. The molecule has 15 heavy (non-hydrogen) atoms. The average Bonchev–Trinajstić information content (AvgIpc) is 2.24. The van der Waals surface area contributed by atoms with Crippen LogP contribution in [-0.4, -0.2) is 25.4 Å². The van der Waals surface area contributed by atoms with Crippen molar-refractivity contribution in [1.82, 2.24) is 0 Å². The fraction of sp³-hybridized carbons (Fsp3) is 0.455. The molecule has 0 aromatic heterocycles. The maximum absolute atomic E-state index is 9.32. The molecule has 1 aromatic rings. The lowest BCUT2D eigenvalue weighted by Crippen LogP contribution is -2.01. The summed E-state index contributed by atoms with van der Waals surface area (Å²) < 4.78 is 10.3. The van der Waals surface area contributed by atoms with Crippen molar-refractivity contribution < 1.29 is 14.6 Å². The molecule has 84 valence electrons. The van der Waals surface area contributed by atoms with Gasteiger partial charge in [0.15, 0.2) is 0 Å². The molecule has 3 N–H and O–H groups in total. The maximum atomic E-state index is 9.32. The van der Waals surface area contributed by atoms with Crippen LogP contribution in [0.3, 0.4) is 0 Å². The zero-order valence-electron chi connectivity index (χ0n) is 8.90. The van der Waals surface area contributed by atoms with E-state index in [4.69, 9.17) is 15.2 Å². The Morgan fingerprint density at radius 3 is 2.73 bits per heavy atom. The summed E-state index contributed by atoms with van der Waals surface area (Å²) in [5.74, 6) is 0.594. The number of benzene rings is 1. The minimum Gasteiger partial charge on any atom is -0.506 e. The smallest absolute Gasteiger partial charge is 0.145 e. The minimum absolute atomic E-state index is 0.0596. The summed E-state index contributed by atoms with van der Waals surface area (Å²) in [4.78, 5) is 0. The third kappa shape index (κ3) is 3.67. The van der Waals surface area contributed by atoms with Gasteiger partial charge in [-0.1, -0.05) is 6.07 Å². The van der Waals surface area contributed by atoms with Crippen LogP contribution in [0.1, 0.15) is 12.8 Å². The van der Waals surface area contributed by atoms with E-state index >= 15 is 0 Å². The van der Waals surface area contributed by atoms with Crippen LogP contribution in [0, 0.1) is 0 Å². The van der Waals surface area contributed by atoms with Gasteiger partial charge in [0.25, 0.3) is 0 Å². The molecule has 0 heterocycles. The molecule has 0 aliphatic rings. The van der Waals surface area contributed by atoms with Crippen LogP contribution in [-0.2, 0) is 4.74 Å². The summed E-state index contributed by atoms with van der Waals surface area (Å²) in [5.41, 5.74) is 5.92. The van der Waals surface area contributed by atoms with Crippen molar-refractivity contribution in [2.75, 3.05) is 26.1 Å². The van der Waals surface area contributed by atoms with E-state index in [0.717, 1.165) is 19.4 Å². The molecule has 1 rings (SSSR count). The summed E-state index contributed by atoms with van der Waals surface area (Å²) in [6.07, 6.45) is 1.86. The zero-order valence-corrected chi connectivity index (χ0v) is 8.90. The first-order valence-corrected chi connectivity index (χ1v) is 4.95. The molecule has 0 unspecified atom stereocenters. The van der Waals surface area contributed by atoms with E-state index < -0.39 is 0 Å². The van der Waals surface area contributed by atoms with Crippen LogP contribution >= 0.6 is 0 Å². The standard InChI is InChI=1S/C11H17NO3/c1-14-7-2-3-8-15-10-6-4-5-9(13)11(10)12/h4-6,13H,2-3,7-8,12H2,1H3. The molecule has 0 saturated heterocycles. The number of hydrogen-bond acceptors (Lipinski definition) is 4. The van der Waals surface area contributed by atoms with Gasteiger partial charge in [0.2, 0.25) is 0 Å². The first kappa shape index (κ1) is 11.7. The Kier molecular flexibility index (Phi) is 4.77. The Balaban J connectivity index is 2.34. The van der Waals surface area contributed by atoms with Crippen LogP contribution in [0.5, 0.6) is 11.5 Å². The fourth-order valence-electron chi connectivity index (χ4n) is 1.19. The van der Waals surface area contributed by atoms with Gasteiger partial charge in [0.1, 0.15) is 17.2 Å². The normalized spacial score (nSPS) is 10.2. The molecule has 0 fully saturated rings. The Morgan fingerprint density at radius 1 is 1.27 bits per heavy atom. The number of phenols is 1. The van der Waals surface area contributed by atoms with Gasteiger partial charge in [-0.3, -0.25) is 0 Å². The van der Waals surface area contributed by atoms with Gasteiger partial charge >= 0.3 is 0 Å². The molecule has 0 atom stereocenters. The summed E-state index contributed by atoms with van der Waals surface area (Å²) >= 11 is 0. The van der Waals surface area contributed by atoms with E-state index in [1.54, 1.807) is 19.2 Å². The highest BCUT2D eigenvalue weighted by molar-refractivity contribution is 5.61. The van der Waals surface area contributed by atoms with Crippen LogP contribution in [0.15, 0.2) is 18.2 Å². The fourth-order valence-corrected chi connectivity index (χ4v) is 1.19. The van der Waals surface area contributed by atoms with Gasteiger partial charge in [-0.05, 0) is 25.0 Å². The largest absolute Gasteiger partial charge is 0.506 e. The topological polar surface area (TPSA) is 64.7 Å². The molecule has 4 heteroatoms. The second kappa shape index (κ2) is 6.14. The summed E-state index contributed by atoms with van der Waals surface area (Å²) in [6.45, 7) is 1.32. The number of hydrogen-bond donors (Lipinski definition) is 2. The lowest BCUT2D eigenvalue weighted by Gasteiger charge is -2.09. The number of nitrogen functional groups attached to an aromatic ring is 1. The molecule has 1 aromatic carbocycles. The van der Waals surface area contributed by atoms with Crippen molar-refractivity contribution in [2.24, 2.45) is 0 Å². The monoisotopic (exact) mass is 211 g/mol. The second-order valence-corrected chi connectivity index (χ2v) is 3.24. The Morgan fingerprint density at radius 2 is 2.00 bits per heavy atom.